The molecule has 0 aliphatic carbocycles. The number of ether oxygens (including phenoxy) is 1. The van der Waals surface area contributed by atoms with Crippen molar-refractivity contribution in [2.45, 2.75) is 65.4 Å². The lowest BCUT2D eigenvalue weighted by Crippen LogP contribution is -2.40. The Morgan fingerprint density at radius 1 is 1.24 bits per heavy atom. The fraction of sp³-hybridized carbons (Fsp3) is 0.923. The third kappa shape index (κ3) is 7.66. The zero-order valence-corrected chi connectivity index (χ0v) is 13.0. The minimum Gasteiger partial charge on any atom is -0.459 e. The number of rotatable bonds is 4. The van der Waals surface area contributed by atoms with Crippen LogP contribution in [0.1, 0.15) is 48.5 Å². The van der Waals surface area contributed by atoms with Crippen molar-refractivity contribution in [2.75, 3.05) is 5.75 Å². The zero-order valence-electron chi connectivity index (χ0n) is 12.2. The number of carbonyl (C=O) groups is 1. The summed E-state index contributed by atoms with van der Waals surface area (Å²) in [5.74, 6) is 0.193. The Labute approximate surface area is 110 Å². The molecular formula is C13H27NO2S. The highest BCUT2D eigenvalue weighted by Crippen LogP contribution is 2.32. The van der Waals surface area contributed by atoms with Gasteiger partial charge in [-0.15, -0.1) is 11.8 Å². The van der Waals surface area contributed by atoms with E-state index in [9.17, 15) is 4.79 Å². The highest BCUT2D eigenvalue weighted by Gasteiger charge is 2.29. The summed E-state index contributed by atoms with van der Waals surface area (Å²) < 4.78 is 5.28. The van der Waals surface area contributed by atoms with Gasteiger partial charge in [-0.2, -0.15) is 0 Å². The first-order chi connectivity index (χ1) is 7.43. The topological polar surface area (TPSA) is 52.3 Å². The fourth-order valence-electron chi connectivity index (χ4n) is 1.72. The molecule has 0 radical (unpaired) electrons. The maximum absolute atomic E-state index is 11.6. The largest absolute Gasteiger partial charge is 0.459 e. The second-order valence-corrected chi connectivity index (χ2v) is 7.67. The SMILES string of the molecule is CC(N)C(SCC(=O)OC(C)(C)C)C(C)(C)C. The summed E-state index contributed by atoms with van der Waals surface area (Å²) in [5, 5.41) is 0.245. The van der Waals surface area contributed by atoms with Gasteiger partial charge in [0.2, 0.25) is 0 Å². The highest BCUT2D eigenvalue weighted by atomic mass is 32.2. The number of carbonyl (C=O) groups excluding carboxylic acids is 1. The Kier molecular flexibility index (Phi) is 6.02. The van der Waals surface area contributed by atoms with Crippen molar-refractivity contribution in [2.24, 2.45) is 11.1 Å². The highest BCUT2D eigenvalue weighted by molar-refractivity contribution is 8.00. The first kappa shape index (κ1) is 16.8. The average Bonchev–Trinajstić information content (AvgIpc) is 1.96. The summed E-state index contributed by atoms with van der Waals surface area (Å²) >= 11 is 1.59. The van der Waals surface area contributed by atoms with E-state index in [1.807, 2.05) is 27.7 Å². The molecule has 0 aliphatic rings. The molecule has 0 bridgehead atoms. The van der Waals surface area contributed by atoms with Gasteiger partial charge in [0.05, 0.1) is 5.75 Å². The first-order valence-electron chi connectivity index (χ1n) is 6.02. The molecule has 0 aromatic carbocycles. The van der Waals surface area contributed by atoms with Crippen LogP contribution in [-0.4, -0.2) is 28.6 Å². The standard InChI is InChI=1S/C13H27NO2S/c1-9(14)11(12(2,3)4)17-8-10(15)16-13(5,6)7/h9,11H,8,14H2,1-7H3. The molecule has 0 saturated heterocycles. The molecule has 0 heterocycles. The summed E-state index contributed by atoms with van der Waals surface area (Å²) in [6.07, 6.45) is 0. The number of hydrogen-bond acceptors (Lipinski definition) is 4. The van der Waals surface area contributed by atoms with Gasteiger partial charge in [0.1, 0.15) is 5.60 Å². The predicted octanol–water partition coefficient (Wildman–Crippen LogP) is 2.82. The minimum absolute atomic E-state index is 0.0578. The van der Waals surface area contributed by atoms with Crippen LogP contribution in [0.5, 0.6) is 0 Å². The van der Waals surface area contributed by atoms with Crippen LogP contribution in [0, 0.1) is 5.41 Å². The van der Waals surface area contributed by atoms with Gasteiger partial charge in [0.15, 0.2) is 0 Å². The molecule has 17 heavy (non-hydrogen) atoms. The summed E-state index contributed by atoms with van der Waals surface area (Å²) in [7, 11) is 0. The van der Waals surface area contributed by atoms with Crippen LogP contribution in [0.2, 0.25) is 0 Å². The molecule has 3 nitrogen and oxygen atoms in total. The van der Waals surface area contributed by atoms with Crippen molar-refractivity contribution < 1.29 is 9.53 Å². The molecule has 0 aromatic heterocycles. The molecule has 102 valence electrons. The lowest BCUT2D eigenvalue weighted by atomic mass is 9.88. The van der Waals surface area contributed by atoms with Gasteiger partial charge in [-0.25, -0.2) is 0 Å². The Morgan fingerprint density at radius 3 is 2.00 bits per heavy atom. The quantitative estimate of drug-likeness (QED) is 0.791. The van der Waals surface area contributed by atoms with Gasteiger partial charge >= 0.3 is 5.97 Å². The lowest BCUT2D eigenvalue weighted by Gasteiger charge is -2.33. The molecule has 0 spiro atoms. The van der Waals surface area contributed by atoms with Crippen LogP contribution in [0.25, 0.3) is 0 Å². The third-order valence-corrected chi connectivity index (χ3v) is 4.03. The maximum Gasteiger partial charge on any atom is 0.316 e. The van der Waals surface area contributed by atoms with Gasteiger partial charge in [-0.1, -0.05) is 20.8 Å². The molecule has 2 unspecified atom stereocenters. The van der Waals surface area contributed by atoms with E-state index in [0.717, 1.165) is 0 Å². The normalized spacial score (nSPS) is 16.5. The minimum atomic E-state index is -0.413. The second-order valence-electron chi connectivity index (χ2n) is 6.54. The van der Waals surface area contributed by atoms with Crippen molar-refractivity contribution in [3.8, 4) is 0 Å². The van der Waals surface area contributed by atoms with E-state index in [2.05, 4.69) is 20.8 Å². The van der Waals surface area contributed by atoms with Crippen molar-refractivity contribution in [1.29, 1.82) is 0 Å². The molecule has 0 aliphatic heterocycles. The van der Waals surface area contributed by atoms with Crippen LogP contribution in [0.3, 0.4) is 0 Å². The smallest absolute Gasteiger partial charge is 0.316 e. The molecule has 2 atom stereocenters. The van der Waals surface area contributed by atoms with E-state index in [-0.39, 0.29) is 22.7 Å². The van der Waals surface area contributed by atoms with E-state index >= 15 is 0 Å². The molecular weight excluding hydrogens is 234 g/mol. The Balaban J connectivity index is 4.29. The molecule has 0 amide bonds. The van der Waals surface area contributed by atoms with Crippen LogP contribution in [0.15, 0.2) is 0 Å². The maximum atomic E-state index is 11.6. The monoisotopic (exact) mass is 261 g/mol. The lowest BCUT2D eigenvalue weighted by molar-refractivity contribution is -0.151. The van der Waals surface area contributed by atoms with Crippen molar-refractivity contribution in [3.63, 3.8) is 0 Å². The third-order valence-electron chi connectivity index (χ3n) is 2.13. The van der Waals surface area contributed by atoms with Crippen LogP contribution in [-0.2, 0) is 9.53 Å². The number of hydrogen-bond donors (Lipinski definition) is 1. The number of thioether (sulfide) groups is 1. The van der Waals surface area contributed by atoms with E-state index in [0.29, 0.717) is 5.75 Å². The van der Waals surface area contributed by atoms with Crippen molar-refractivity contribution >= 4 is 17.7 Å². The van der Waals surface area contributed by atoms with E-state index in [4.69, 9.17) is 10.5 Å². The first-order valence-corrected chi connectivity index (χ1v) is 7.07. The molecule has 0 rings (SSSR count). The Bertz CT molecular complexity index is 251. The van der Waals surface area contributed by atoms with Crippen LogP contribution < -0.4 is 5.73 Å². The van der Waals surface area contributed by atoms with E-state index in [1.165, 1.54) is 0 Å². The summed E-state index contributed by atoms with van der Waals surface area (Å²) in [6.45, 7) is 14.0. The molecule has 0 saturated carbocycles. The Morgan fingerprint density at radius 2 is 1.71 bits per heavy atom. The summed E-state index contributed by atoms with van der Waals surface area (Å²) in [4.78, 5) is 11.6. The molecule has 0 fully saturated rings. The molecule has 0 aromatic rings. The summed E-state index contributed by atoms with van der Waals surface area (Å²) in [6, 6.07) is 0.0578. The van der Waals surface area contributed by atoms with Gasteiger partial charge in [0, 0.05) is 11.3 Å². The van der Waals surface area contributed by atoms with Crippen molar-refractivity contribution in [3.05, 3.63) is 0 Å². The second kappa shape index (κ2) is 6.10. The summed E-state index contributed by atoms with van der Waals surface area (Å²) in [5.41, 5.74) is 5.63. The molecule has 2 N–H and O–H groups in total. The number of nitrogens with two attached hydrogens (primary N) is 1. The van der Waals surface area contributed by atoms with E-state index < -0.39 is 5.60 Å². The van der Waals surface area contributed by atoms with Crippen LogP contribution in [0.4, 0.5) is 0 Å². The zero-order chi connectivity index (χ0) is 13.9. The van der Waals surface area contributed by atoms with Gasteiger partial charge in [-0.3, -0.25) is 4.79 Å². The van der Waals surface area contributed by atoms with Gasteiger partial charge in [0.25, 0.3) is 0 Å². The fourth-order valence-corrected chi connectivity index (χ4v) is 2.90. The molecule has 4 heteroatoms. The predicted molar refractivity (Wildman–Crippen MR) is 75.2 cm³/mol. The number of esters is 1. The van der Waals surface area contributed by atoms with E-state index in [1.54, 1.807) is 11.8 Å². The van der Waals surface area contributed by atoms with Gasteiger partial charge < -0.3 is 10.5 Å². The van der Waals surface area contributed by atoms with Gasteiger partial charge in [-0.05, 0) is 33.1 Å². The van der Waals surface area contributed by atoms with Crippen molar-refractivity contribution in [1.82, 2.24) is 0 Å². The Hall–Kier alpha value is -0.220. The average molecular weight is 261 g/mol. The van der Waals surface area contributed by atoms with Crippen LogP contribution >= 0.6 is 11.8 Å².